The molecule has 5 nitrogen and oxygen atoms in total. The summed E-state index contributed by atoms with van der Waals surface area (Å²) in [6.45, 7) is 3.92. The van der Waals surface area contributed by atoms with E-state index in [0.717, 1.165) is 16.8 Å². The topological polar surface area (TPSA) is 67.1 Å². The van der Waals surface area contributed by atoms with Gasteiger partial charge < -0.3 is 5.32 Å². The molecule has 0 unspecified atom stereocenters. The fourth-order valence-electron chi connectivity index (χ4n) is 1.78. The molecule has 0 fully saturated rings. The van der Waals surface area contributed by atoms with E-state index in [1.165, 1.54) is 5.01 Å². The maximum absolute atomic E-state index is 5.93. The van der Waals surface area contributed by atoms with E-state index in [-0.39, 0.29) is 5.28 Å². The Morgan fingerprint density at radius 1 is 1.21 bits per heavy atom. The molecule has 0 atom stereocenters. The Kier molecular flexibility index (Phi) is 3.87. The van der Waals surface area contributed by atoms with E-state index in [1.54, 1.807) is 7.05 Å². The van der Waals surface area contributed by atoms with Gasteiger partial charge in [0.2, 0.25) is 5.28 Å². The van der Waals surface area contributed by atoms with E-state index < -0.39 is 0 Å². The van der Waals surface area contributed by atoms with Gasteiger partial charge >= 0.3 is 0 Å². The summed E-state index contributed by atoms with van der Waals surface area (Å²) in [6.07, 6.45) is 0. The molecule has 2 aromatic rings. The third-order valence-corrected chi connectivity index (χ3v) is 2.99. The minimum atomic E-state index is 0.161. The van der Waals surface area contributed by atoms with Gasteiger partial charge in [-0.15, -0.1) is 0 Å². The van der Waals surface area contributed by atoms with Crippen molar-refractivity contribution in [3.05, 3.63) is 40.7 Å². The summed E-state index contributed by atoms with van der Waals surface area (Å²) in [5.74, 6) is 6.98. The molecule has 0 spiro atoms. The molecule has 0 aliphatic heterocycles. The van der Waals surface area contributed by atoms with Crippen LogP contribution >= 0.6 is 11.6 Å². The number of nitrogens with two attached hydrogens (primary N) is 1. The highest BCUT2D eigenvalue weighted by atomic mass is 35.5. The fraction of sp³-hybridized carbons (Fsp3) is 0.231. The predicted octanol–water partition coefficient (Wildman–Crippen LogP) is 2.80. The smallest absolute Gasteiger partial charge is 0.226 e. The van der Waals surface area contributed by atoms with Crippen molar-refractivity contribution in [3.8, 4) is 0 Å². The van der Waals surface area contributed by atoms with Gasteiger partial charge in [0, 0.05) is 18.3 Å². The largest absolute Gasteiger partial charge is 0.340 e. The number of nitrogens with one attached hydrogen (secondary N) is 1. The molecule has 0 aliphatic rings. The van der Waals surface area contributed by atoms with Crippen molar-refractivity contribution in [3.63, 3.8) is 0 Å². The molecule has 2 rings (SSSR count). The monoisotopic (exact) mass is 277 g/mol. The Balaban J connectivity index is 2.43. The quantitative estimate of drug-likeness (QED) is 0.513. The lowest BCUT2D eigenvalue weighted by atomic mass is 10.2. The minimum Gasteiger partial charge on any atom is -0.340 e. The molecule has 1 heterocycles. The third-order valence-electron chi connectivity index (χ3n) is 2.83. The summed E-state index contributed by atoms with van der Waals surface area (Å²) in [7, 11) is 1.71. The highest BCUT2D eigenvalue weighted by Gasteiger charge is 2.12. The van der Waals surface area contributed by atoms with Crippen LogP contribution in [0, 0.1) is 13.8 Å². The van der Waals surface area contributed by atoms with Gasteiger partial charge in [0.25, 0.3) is 0 Å². The lowest BCUT2D eigenvalue weighted by Crippen LogP contribution is -2.27. The van der Waals surface area contributed by atoms with Gasteiger partial charge in [-0.25, -0.2) is 10.8 Å². The molecule has 0 amide bonds. The molecule has 0 radical (unpaired) electrons. The van der Waals surface area contributed by atoms with Crippen LogP contribution in [0.5, 0.6) is 0 Å². The van der Waals surface area contributed by atoms with Crippen molar-refractivity contribution in [2.75, 3.05) is 17.4 Å². The first-order valence-corrected chi connectivity index (χ1v) is 6.22. The number of aryl methyl sites for hydroxylation is 1. The zero-order valence-electron chi connectivity index (χ0n) is 11.1. The highest BCUT2D eigenvalue weighted by Crippen LogP contribution is 2.27. The number of para-hydroxylation sites is 1. The van der Waals surface area contributed by atoms with Crippen LogP contribution in [0.15, 0.2) is 24.3 Å². The van der Waals surface area contributed by atoms with Gasteiger partial charge in [-0.3, -0.25) is 5.01 Å². The molecular formula is C13H16ClN5. The van der Waals surface area contributed by atoms with Crippen LogP contribution < -0.4 is 16.2 Å². The Labute approximate surface area is 117 Å². The van der Waals surface area contributed by atoms with Crippen LogP contribution in [0.3, 0.4) is 0 Å². The second-order valence-electron chi connectivity index (χ2n) is 4.34. The number of hydrazine groups is 1. The van der Waals surface area contributed by atoms with E-state index in [4.69, 9.17) is 17.4 Å². The summed E-state index contributed by atoms with van der Waals surface area (Å²) < 4.78 is 0. The van der Waals surface area contributed by atoms with Crippen LogP contribution in [0.25, 0.3) is 0 Å². The Hall–Kier alpha value is -1.85. The number of rotatable bonds is 3. The molecule has 0 bridgehead atoms. The molecule has 1 aromatic carbocycles. The summed E-state index contributed by atoms with van der Waals surface area (Å²) in [5, 5.41) is 4.84. The summed E-state index contributed by atoms with van der Waals surface area (Å²) in [4.78, 5) is 8.33. The van der Waals surface area contributed by atoms with Crippen molar-refractivity contribution in [2.45, 2.75) is 13.8 Å². The Morgan fingerprint density at radius 2 is 1.89 bits per heavy atom. The normalized spacial score (nSPS) is 10.4. The van der Waals surface area contributed by atoms with Crippen molar-refractivity contribution in [1.82, 2.24) is 9.97 Å². The second-order valence-corrected chi connectivity index (χ2v) is 4.68. The first-order valence-electron chi connectivity index (χ1n) is 5.84. The highest BCUT2D eigenvalue weighted by molar-refractivity contribution is 6.28. The number of aromatic nitrogens is 2. The first-order chi connectivity index (χ1) is 8.99. The van der Waals surface area contributed by atoms with Gasteiger partial charge in [0.1, 0.15) is 5.82 Å². The maximum Gasteiger partial charge on any atom is 0.226 e. The van der Waals surface area contributed by atoms with Crippen LogP contribution in [0.1, 0.15) is 11.1 Å². The second kappa shape index (κ2) is 5.42. The number of hydrogen-bond donors (Lipinski definition) is 2. The molecule has 6 heteroatoms. The number of hydrogen-bond acceptors (Lipinski definition) is 5. The van der Waals surface area contributed by atoms with E-state index in [1.807, 2.05) is 38.1 Å². The lowest BCUT2D eigenvalue weighted by Gasteiger charge is -2.17. The van der Waals surface area contributed by atoms with Crippen LogP contribution in [-0.2, 0) is 0 Å². The third kappa shape index (κ3) is 2.94. The van der Waals surface area contributed by atoms with Crippen LogP contribution in [0.2, 0.25) is 5.28 Å². The Morgan fingerprint density at radius 3 is 2.53 bits per heavy atom. The number of anilines is 3. The van der Waals surface area contributed by atoms with Gasteiger partial charge in [-0.05, 0) is 37.1 Å². The number of benzene rings is 1. The van der Waals surface area contributed by atoms with Gasteiger partial charge in [0.15, 0.2) is 5.82 Å². The molecule has 3 N–H and O–H groups in total. The predicted molar refractivity (Wildman–Crippen MR) is 78.8 cm³/mol. The van der Waals surface area contributed by atoms with E-state index >= 15 is 0 Å². The average molecular weight is 278 g/mol. The summed E-state index contributed by atoms with van der Waals surface area (Å²) in [6, 6.07) is 7.95. The number of halogens is 1. The number of nitrogens with zero attached hydrogens (tertiary/aromatic N) is 3. The molecule has 0 saturated heterocycles. The van der Waals surface area contributed by atoms with Crippen LogP contribution in [-0.4, -0.2) is 17.0 Å². The summed E-state index contributed by atoms with van der Waals surface area (Å²) >= 11 is 5.93. The van der Waals surface area contributed by atoms with E-state index in [0.29, 0.717) is 11.6 Å². The van der Waals surface area contributed by atoms with Crippen LogP contribution in [0.4, 0.5) is 17.3 Å². The molecule has 1 aromatic heterocycles. The fourth-order valence-corrected chi connectivity index (χ4v) is 1.95. The van der Waals surface area contributed by atoms with Gasteiger partial charge in [0.05, 0.1) is 0 Å². The van der Waals surface area contributed by atoms with E-state index in [2.05, 4.69) is 15.3 Å². The minimum absolute atomic E-state index is 0.161. The zero-order chi connectivity index (χ0) is 14.0. The molecular weight excluding hydrogens is 262 g/mol. The molecule has 0 aliphatic carbocycles. The SMILES string of the molecule is Cc1ccccc1Nc1nc(Cl)nc(N(C)N)c1C. The standard InChI is InChI=1S/C13H16ClN5/c1-8-6-4-5-7-10(8)16-11-9(2)12(19(3)15)18-13(14)17-11/h4-7H,15H2,1-3H3,(H,16,17,18). The van der Waals surface area contributed by atoms with Crippen molar-refractivity contribution in [2.24, 2.45) is 5.84 Å². The van der Waals surface area contributed by atoms with E-state index in [9.17, 15) is 0 Å². The molecule has 0 saturated carbocycles. The maximum atomic E-state index is 5.93. The molecule has 100 valence electrons. The average Bonchev–Trinajstić information content (AvgIpc) is 2.35. The first kappa shape index (κ1) is 13.6. The van der Waals surface area contributed by atoms with Crippen molar-refractivity contribution in [1.29, 1.82) is 0 Å². The molecule has 19 heavy (non-hydrogen) atoms. The zero-order valence-corrected chi connectivity index (χ0v) is 11.9. The van der Waals surface area contributed by atoms with Crippen molar-refractivity contribution >= 4 is 28.9 Å². The Bertz CT molecular complexity index is 598. The van der Waals surface area contributed by atoms with Gasteiger partial charge in [-0.2, -0.15) is 4.98 Å². The van der Waals surface area contributed by atoms with Gasteiger partial charge in [-0.1, -0.05) is 18.2 Å². The van der Waals surface area contributed by atoms with Crippen molar-refractivity contribution < 1.29 is 0 Å². The lowest BCUT2D eigenvalue weighted by molar-refractivity contribution is 0.950. The summed E-state index contributed by atoms with van der Waals surface area (Å²) in [5.41, 5.74) is 2.95.